The van der Waals surface area contributed by atoms with Gasteiger partial charge in [-0.1, -0.05) is 42.1 Å². The molecule has 0 saturated heterocycles. The lowest BCUT2D eigenvalue weighted by Crippen LogP contribution is -2.38. The van der Waals surface area contributed by atoms with Crippen LogP contribution in [0.3, 0.4) is 0 Å². The van der Waals surface area contributed by atoms with Crippen molar-refractivity contribution in [3.05, 3.63) is 41.7 Å². The second-order valence-electron chi connectivity index (χ2n) is 6.06. The molecule has 142 valence electrons. The van der Waals surface area contributed by atoms with Crippen molar-refractivity contribution in [3.63, 3.8) is 0 Å². The molecule has 2 rings (SSSR count). The van der Waals surface area contributed by atoms with Crippen LogP contribution in [0.25, 0.3) is 0 Å². The molecular weight excluding hydrogens is 365 g/mol. The number of nitrogens with zero attached hydrogens (tertiary/aromatic N) is 3. The van der Waals surface area contributed by atoms with Crippen molar-refractivity contribution in [2.45, 2.75) is 49.3 Å². The molecule has 2 atom stereocenters. The Morgan fingerprint density at radius 3 is 2.46 bits per heavy atom. The third-order valence-electron chi connectivity index (χ3n) is 3.84. The Morgan fingerprint density at radius 1 is 1.23 bits per heavy atom. The molecule has 0 radical (unpaired) electrons. The molecule has 0 bridgehead atoms. The van der Waals surface area contributed by atoms with E-state index < -0.39 is 17.3 Å². The van der Waals surface area contributed by atoms with Crippen molar-refractivity contribution in [1.29, 1.82) is 0 Å². The second-order valence-corrected chi connectivity index (χ2v) is 7.36. The zero-order valence-electron chi connectivity index (χ0n) is 14.7. The fourth-order valence-electron chi connectivity index (χ4n) is 2.34. The SMILES string of the molecule is C[C@H](Sc1nnc(C(F)(F)F)n1C)C(=O)N[C@@H](C)CCc1ccccc1. The minimum atomic E-state index is -4.57. The lowest BCUT2D eigenvalue weighted by atomic mass is 10.1. The molecule has 1 aromatic heterocycles. The van der Waals surface area contributed by atoms with Crippen LogP contribution in [0.4, 0.5) is 13.2 Å². The van der Waals surface area contributed by atoms with Crippen molar-refractivity contribution < 1.29 is 18.0 Å². The van der Waals surface area contributed by atoms with Crippen LogP contribution in [0.2, 0.25) is 0 Å². The highest BCUT2D eigenvalue weighted by Crippen LogP contribution is 2.30. The van der Waals surface area contributed by atoms with E-state index >= 15 is 0 Å². The molecule has 1 amide bonds. The fourth-order valence-corrected chi connectivity index (χ4v) is 3.16. The van der Waals surface area contributed by atoms with Gasteiger partial charge in [0.1, 0.15) is 0 Å². The summed E-state index contributed by atoms with van der Waals surface area (Å²) in [4.78, 5) is 12.3. The van der Waals surface area contributed by atoms with Gasteiger partial charge in [0.25, 0.3) is 0 Å². The first-order valence-electron chi connectivity index (χ1n) is 8.16. The monoisotopic (exact) mass is 386 g/mol. The Hall–Kier alpha value is -2.03. The van der Waals surface area contributed by atoms with Crippen LogP contribution in [0.1, 0.15) is 31.7 Å². The number of aryl methyl sites for hydroxylation is 1. The Bertz CT molecular complexity index is 733. The van der Waals surface area contributed by atoms with Crippen LogP contribution in [0, 0.1) is 0 Å². The number of thioether (sulfide) groups is 1. The fraction of sp³-hybridized carbons (Fsp3) is 0.471. The summed E-state index contributed by atoms with van der Waals surface area (Å²) in [6, 6.07) is 9.89. The number of halogens is 3. The molecule has 0 aliphatic carbocycles. The minimum Gasteiger partial charge on any atom is -0.353 e. The number of hydrogen-bond donors (Lipinski definition) is 1. The van der Waals surface area contributed by atoms with E-state index in [2.05, 4.69) is 15.5 Å². The molecule has 0 unspecified atom stereocenters. The van der Waals surface area contributed by atoms with E-state index in [9.17, 15) is 18.0 Å². The molecule has 0 spiro atoms. The Balaban J connectivity index is 1.86. The molecule has 0 fully saturated rings. The Labute approximate surface area is 154 Å². The number of benzene rings is 1. The maximum absolute atomic E-state index is 12.7. The van der Waals surface area contributed by atoms with E-state index in [0.29, 0.717) is 0 Å². The van der Waals surface area contributed by atoms with E-state index in [0.717, 1.165) is 29.2 Å². The first-order chi connectivity index (χ1) is 12.2. The topological polar surface area (TPSA) is 59.8 Å². The standard InChI is InChI=1S/C17H21F3N4OS/c1-11(9-10-13-7-5-4-6-8-13)21-14(25)12(2)26-16-23-22-15(24(16)3)17(18,19)20/h4-8,11-12H,9-10H2,1-3H3,(H,21,25)/t11-,12-/m0/s1. The largest absolute Gasteiger partial charge is 0.451 e. The van der Waals surface area contributed by atoms with Gasteiger partial charge >= 0.3 is 6.18 Å². The van der Waals surface area contributed by atoms with Gasteiger partial charge in [0, 0.05) is 13.1 Å². The van der Waals surface area contributed by atoms with Gasteiger partial charge in [-0.3, -0.25) is 4.79 Å². The van der Waals surface area contributed by atoms with Gasteiger partial charge in [0.2, 0.25) is 11.7 Å². The van der Waals surface area contributed by atoms with Crippen molar-refractivity contribution in [1.82, 2.24) is 20.1 Å². The lowest BCUT2D eigenvalue weighted by Gasteiger charge is -2.17. The highest BCUT2D eigenvalue weighted by Gasteiger charge is 2.37. The summed E-state index contributed by atoms with van der Waals surface area (Å²) in [5.74, 6) is -1.32. The normalized spacial score (nSPS) is 14.1. The Kier molecular flexibility index (Phi) is 6.69. The van der Waals surface area contributed by atoms with Crippen molar-refractivity contribution in [2.75, 3.05) is 0 Å². The lowest BCUT2D eigenvalue weighted by molar-refractivity contribution is -0.147. The quantitative estimate of drug-likeness (QED) is 0.741. The molecule has 5 nitrogen and oxygen atoms in total. The van der Waals surface area contributed by atoms with E-state index in [1.807, 2.05) is 37.3 Å². The number of nitrogens with one attached hydrogen (secondary N) is 1. The number of aromatic nitrogens is 3. The number of carbonyl (C=O) groups is 1. The average Bonchev–Trinajstić information content (AvgIpc) is 2.94. The third kappa shape index (κ3) is 5.48. The first kappa shape index (κ1) is 20.3. The van der Waals surface area contributed by atoms with E-state index in [1.54, 1.807) is 6.92 Å². The second kappa shape index (κ2) is 8.57. The van der Waals surface area contributed by atoms with Crippen molar-refractivity contribution >= 4 is 17.7 Å². The van der Waals surface area contributed by atoms with Gasteiger partial charge in [0.15, 0.2) is 5.16 Å². The molecular formula is C17H21F3N4OS. The molecule has 9 heteroatoms. The van der Waals surface area contributed by atoms with E-state index in [1.165, 1.54) is 12.6 Å². The van der Waals surface area contributed by atoms with E-state index in [-0.39, 0.29) is 17.1 Å². The van der Waals surface area contributed by atoms with Gasteiger partial charge in [-0.2, -0.15) is 13.2 Å². The minimum absolute atomic E-state index is 0.0454. The van der Waals surface area contributed by atoms with Crippen LogP contribution < -0.4 is 5.32 Å². The molecule has 1 heterocycles. The predicted molar refractivity (Wildman–Crippen MR) is 93.7 cm³/mol. The molecule has 0 aliphatic rings. The van der Waals surface area contributed by atoms with Gasteiger partial charge in [0.05, 0.1) is 5.25 Å². The van der Waals surface area contributed by atoms with Crippen LogP contribution in [0.5, 0.6) is 0 Å². The van der Waals surface area contributed by atoms with Gasteiger partial charge in [-0.15, -0.1) is 10.2 Å². The van der Waals surface area contributed by atoms with Crippen molar-refractivity contribution in [3.8, 4) is 0 Å². The molecule has 26 heavy (non-hydrogen) atoms. The first-order valence-corrected chi connectivity index (χ1v) is 9.04. The summed E-state index contributed by atoms with van der Waals surface area (Å²) in [7, 11) is 1.23. The van der Waals surface area contributed by atoms with Crippen LogP contribution >= 0.6 is 11.8 Å². The van der Waals surface area contributed by atoms with Gasteiger partial charge in [-0.25, -0.2) is 0 Å². The summed E-state index contributed by atoms with van der Waals surface area (Å²) in [6.45, 7) is 3.54. The van der Waals surface area contributed by atoms with Crippen LogP contribution in [-0.2, 0) is 24.4 Å². The summed E-state index contributed by atoms with van der Waals surface area (Å²) in [5.41, 5.74) is 1.19. The number of carbonyl (C=O) groups excluding carboxylic acids is 1. The maximum Gasteiger partial charge on any atom is 0.451 e. The highest BCUT2D eigenvalue weighted by molar-refractivity contribution is 8.00. The number of amides is 1. The van der Waals surface area contributed by atoms with Crippen LogP contribution in [0.15, 0.2) is 35.5 Å². The molecule has 1 N–H and O–H groups in total. The summed E-state index contributed by atoms with van der Waals surface area (Å²) in [6.07, 6.45) is -2.96. The van der Waals surface area contributed by atoms with Gasteiger partial charge < -0.3 is 9.88 Å². The summed E-state index contributed by atoms with van der Waals surface area (Å²) in [5, 5.41) is 9.05. The smallest absolute Gasteiger partial charge is 0.353 e. The summed E-state index contributed by atoms with van der Waals surface area (Å²) < 4.78 is 39.1. The third-order valence-corrected chi connectivity index (χ3v) is 4.97. The molecule has 1 aromatic carbocycles. The summed E-state index contributed by atoms with van der Waals surface area (Å²) >= 11 is 0.949. The predicted octanol–water partition coefficient (Wildman–Crippen LogP) is 3.45. The zero-order chi connectivity index (χ0) is 19.3. The molecule has 2 aromatic rings. The highest BCUT2D eigenvalue weighted by atomic mass is 32.2. The van der Waals surface area contributed by atoms with Crippen molar-refractivity contribution in [2.24, 2.45) is 7.05 Å². The molecule has 0 aliphatic heterocycles. The van der Waals surface area contributed by atoms with Gasteiger partial charge in [-0.05, 0) is 32.3 Å². The number of rotatable bonds is 7. The number of hydrogen-bond acceptors (Lipinski definition) is 4. The van der Waals surface area contributed by atoms with Crippen LogP contribution in [-0.4, -0.2) is 32.0 Å². The van der Waals surface area contributed by atoms with E-state index in [4.69, 9.17) is 0 Å². The zero-order valence-corrected chi connectivity index (χ0v) is 15.6. The molecule has 0 saturated carbocycles. The number of alkyl halides is 3. The Morgan fingerprint density at radius 2 is 1.88 bits per heavy atom. The average molecular weight is 386 g/mol. The maximum atomic E-state index is 12.7.